The van der Waals surface area contributed by atoms with E-state index < -0.39 is 0 Å². The lowest BCUT2D eigenvalue weighted by Crippen LogP contribution is -2.51. The van der Waals surface area contributed by atoms with Crippen molar-refractivity contribution in [3.05, 3.63) is 11.6 Å². The second-order valence-corrected chi connectivity index (χ2v) is 13.7. The van der Waals surface area contributed by atoms with Crippen molar-refractivity contribution in [1.29, 1.82) is 0 Å². The Labute approximate surface area is 224 Å². The smallest absolute Gasteiger partial charge is 0.409 e. The molecule has 0 unspecified atom stereocenters. The molecule has 5 aliphatic rings. The molecule has 3 saturated carbocycles. The van der Waals surface area contributed by atoms with E-state index in [1.807, 2.05) is 0 Å². The number of allylic oxidation sites excluding steroid dienone is 1. The van der Waals surface area contributed by atoms with Crippen molar-refractivity contribution >= 4 is 23.3 Å². The van der Waals surface area contributed by atoms with Gasteiger partial charge in [-0.2, -0.15) is 0 Å². The van der Waals surface area contributed by atoms with Crippen LogP contribution in [0.2, 0.25) is 0 Å². The first-order chi connectivity index (χ1) is 17.2. The Morgan fingerprint density at radius 1 is 1.11 bits per heavy atom. The number of carbonyl (C=O) groups is 1. The molecule has 6 heteroatoms. The maximum atomic E-state index is 11.8. The average molecular weight is 517 g/mol. The van der Waals surface area contributed by atoms with Crippen molar-refractivity contribution in [2.24, 2.45) is 40.4 Å². The van der Waals surface area contributed by atoms with Crippen LogP contribution in [0.15, 0.2) is 11.6 Å². The molecule has 0 bridgehead atoms. The van der Waals surface area contributed by atoms with E-state index in [1.54, 1.807) is 10.5 Å². The van der Waals surface area contributed by atoms with E-state index in [2.05, 4.69) is 31.7 Å². The number of hydrogen-bond acceptors (Lipinski definition) is 4. The Balaban J connectivity index is 1.18. The average Bonchev–Trinajstić information content (AvgIpc) is 3.24. The number of ether oxygens (including phenoxy) is 1. The third-order valence-electron chi connectivity index (χ3n) is 11.7. The molecule has 36 heavy (non-hydrogen) atoms. The molecule has 4 aliphatic carbocycles. The Kier molecular flexibility index (Phi) is 7.50. The van der Waals surface area contributed by atoms with E-state index in [0.717, 1.165) is 61.0 Å². The fraction of sp³-hybridized carbons (Fsp3) is 0.867. The molecule has 0 spiro atoms. The topological polar surface area (TPSA) is 53.0 Å². The Hall–Kier alpha value is -1.14. The number of nitrogens with zero attached hydrogens (tertiary/aromatic N) is 2. The first kappa shape index (κ1) is 26.5. The minimum absolute atomic E-state index is 0.116. The molecule has 1 N–H and O–H groups in total. The highest BCUT2D eigenvalue weighted by atomic mass is 32.1. The number of thiocarbonyl (C=S) groups is 1. The van der Waals surface area contributed by atoms with Crippen LogP contribution in [0.25, 0.3) is 0 Å². The number of aliphatic hydroxyl groups excluding tert-OH is 1. The first-order valence-corrected chi connectivity index (χ1v) is 15.1. The molecule has 0 aromatic rings. The summed E-state index contributed by atoms with van der Waals surface area (Å²) in [6.45, 7) is 10.7. The Bertz CT molecular complexity index is 883. The maximum absolute atomic E-state index is 11.8. The molecular weight excluding hydrogens is 468 g/mol. The standard InChI is InChI=1S/C30H48N2O3S/c1-20(5-10-27(36)31-15-17-32(18-16-31)28(34)35-4)24-8-9-25-23-7-6-21-19-22(33)11-13-29(21,2)26(23)12-14-30(24,25)3/h6,20,22-26,33H,5,7-19H2,1-4H3/t20-,22+,23+,24-,25+,26+,29+,30-/m1/s1. The molecule has 0 radical (unpaired) electrons. The number of carbonyl (C=O) groups excluding carboxylic acids is 1. The summed E-state index contributed by atoms with van der Waals surface area (Å²) in [5.41, 5.74) is 2.37. The van der Waals surface area contributed by atoms with Crippen LogP contribution in [0.1, 0.15) is 85.0 Å². The zero-order chi connectivity index (χ0) is 25.7. The molecule has 1 saturated heterocycles. The Morgan fingerprint density at radius 2 is 1.83 bits per heavy atom. The van der Waals surface area contributed by atoms with Gasteiger partial charge in [-0.25, -0.2) is 4.79 Å². The number of aliphatic hydroxyl groups is 1. The second-order valence-electron chi connectivity index (χ2n) is 13.2. The summed E-state index contributed by atoms with van der Waals surface area (Å²) in [6.07, 6.45) is 14.2. The molecule has 202 valence electrons. The van der Waals surface area contributed by atoms with Gasteiger partial charge in [0.15, 0.2) is 0 Å². The summed E-state index contributed by atoms with van der Waals surface area (Å²) < 4.78 is 4.87. The molecule has 5 rings (SSSR count). The van der Waals surface area contributed by atoms with Crippen molar-refractivity contribution in [1.82, 2.24) is 9.80 Å². The third-order valence-corrected chi connectivity index (χ3v) is 12.2. The number of piperazine rings is 1. The lowest BCUT2D eigenvalue weighted by atomic mass is 9.47. The molecule has 1 amide bonds. The second kappa shape index (κ2) is 10.2. The van der Waals surface area contributed by atoms with Crippen LogP contribution in [-0.2, 0) is 4.74 Å². The van der Waals surface area contributed by atoms with E-state index in [1.165, 1.54) is 52.1 Å². The van der Waals surface area contributed by atoms with Crippen LogP contribution in [-0.4, -0.2) is 65.4 Å². The largest absolute Gasteiger partial charge is 0.453 e. The molecule has 1 heterocycles. The monoisotopic (exact) mass is 516 g/mol. The molecule has 5 nitrogen and oxygen atoms in total. The summed E-state index contributed by atoms with van der Waals surface area (Å²) in [4.78, 5) is 16.9. The van der Waals surface area contributed by atoms with Gasteiger partial charge in [-0.3, -0.25) is 0 Å². The summed E-state index contributed by atoms with van der Waals surface area (Å²) in [5, 5.41) is 10.3. The minimum atomic E-state index is -0.229. The fourth-order valence-corrected chi connectivity index (χ4v) is 9.90. The number of fused-ring (bicyclic) bond motifs is 5. The quantitative estimate of drug-likeness (QED) is 0.364. The van der Waals surface area contributed by atoms with E-state index in [0.29, 0.717) is 29.8 Å². The van der Waals surface area contributed by atoms with Crippen LogP contribution in [0, 0.1) is 40.4 Å². The zero-order valence-corrected chi connectivity index (χ0v) is 23.8. The molecule has 1 aliphatic heterocycles. The highest BCUT2D eigenvalue weighted by Crippen LogP contribution is 2.67. The van der Waals surface area contributed by atoms with Gasteiger partial charge in [0.25, 0.3) is 0 Å². The molecule has 4 fully saturated rings. The summed E-state index contributed by atoms with van der Waals surface area (Å²) in [7, 11) is 1.45. The third kappa shape index (κ3) is 4.52. The molecule has 0 aromatic carbocycles. The molecule has 8 atom stereocenters. The normalized spacial score (nSPS) is 41.0. The number of rotatable bonds is 4. The van der Waals surface area contributed by atoms with Gasteiger partial charge in [-0.15, -0.1) is 0 Å². The van der Waals surface area contributed by atoms with Crippen LogP contribution >= 0.6 is 12.2 Å². The van der Waals surface area contributed by atoms with Crippen LogP contribution in [0.3, 0.4) is 0 Å². The van der Waals surface area contributed by atoms with E-state index in [-0.39, 0.29) is 12.2 Å². The first-order valence-electron chi connectivity index (χ1n) is 14.7. The van der Waals surface area contributed by atoms with E-state index in [9.17, 15) is 9.90 Å². The molecule has 0 aromatic heterocycles. The van der Waals surface area contributed by atoms with E-state index >= 15 is 0 Å². The van der Waals surface area contributed by atoms with Crippen molar-refractivity contribution < 1.29 is 14.6 Å². The number of methoxy groups -OCH3 is 1. The van der Waals surface area contributed by atoms with Crippen molar-refractivity contribution in [2.45, 2.75) is 91.1 Å². The van der Waals surface area contributed by atoms with Crippen LogP contribution in [0.4, 0.5) is 4.79 Å². The van der Waals surface area contributed by atoms with Gasteiger partial charge in [-0.05, 0) is 105 Å². The van der Waals surface area contributed by atoms with Gasteiger partial charge in [0, 0.05) is 26.2 Å². The fourth-order valence-electron chi connectivity index (χ4n) is 9.59. The Morgan fingerprint density at radius 3 is 2.56 bits per heavy atom. The van der Waals surface area contributed by atoms with Gasteiger partial charge >= 0.3 is 6.09 Å². The maximum Gasteiger partial charge on any atom is 0.409 e. The van der Waals surface area contributed by atoms with Crippen LogP contribution in [0.5, 0.6) is 0 Å². The SMILES string of the molecule is COC(=O)N1CCN(C(=S)CC[C@@H](C)[C@H]2CC[C@H]3[C@@H]4CC=C5C[C@@H](O)CC[C@]5(C)[C@H]4CC[C@]23C)CC1. The van der Waals surface area contributed by atoms with Gasteiger partial charge in [0.1, 0.15) is 0 Å². The van der Waals surface area contributed by atoms with Gasteiger partial charge < -0.3 is 19.6 Å². The summed E-state index contributed by atoms with van der Waals surface area (Å²) >= 11 is 5.86. The highest BCUT2D eigenvalue weighted by Gasteiger charge is 2.59. The van der Waals surface area contributed by atoms with Crippen LogP contribution < -0.4 is 0 Å². The lowest BCUT2D eigenvalue weighted by molar-refractivity contribution is -0.0570. The predicted molar refractivity (Wildman–Crippen MR) is 148 cm³/mol. The number of hydrogen-bond donors (Lipinski definition) is 1. The van der Waals surface area contributed by atoms with Gasteiger partial charge in [-0.1, -0.05) is 44.6 Å². The molecular formula is C30H48N2O3S. The van der Waals surface area contributed by atoms with Crippen molar-refractivity contribution in [3.63, 3.8) is 0 Å². The lowest BCUT2D eigenvalue weighted by Gasteiger charge is -2.58. The highest BCUT2D eigenvalue weighted by molar-refractivity contribution is 7.80. The predicted octanol–water partition coefficient (Wildman–Crippen LogP) is 6.05. The zero-order valence-electron chi connectivity index (χ0n) is 23.0. The van der Waals surface area contributed by atoms with Crippen molar-refractivity contribution in [2.75, 3.05) is 33.3 Å². The van der Waals surface area contributed by atoms with Crippen molar-refractivity contribution in [3.8, 4) is 0 Å². The van der Waals surface area contributed by atoms with E-state index in [4.69, 9.17) is 17.0 Å². The van der Waals surface area contributed by atoms with Gasteiger partial charge in [0.05, 0.1) is 18.2 Å². The number of amides is 1. The van der Waals surface area contributed by atoms with Gasteiger partial charge in [0.2, 0.25) is 0 Å². The summed E-state index contributed by atoms with van der Waals surface area (Å²) in [6, 6.07) is 0. The minimum Gasteiger partial charge on any atom is -0.453 e. The summed E-state index contributed by atoms with van der Waals surface area (Å²) in [5.74, 6) is 3.99.